The first kappa shape index (κ1) is 12.7. The van der Waals surface area contributed by atoms with Crippen molar-refractivity contribution in [3.05, 3.63) is 24.3 Å². The molecule has 5 heteroatoms. The molecule has 1 aliphatic rings. The number of hydrogen-bond donors (Lipinski definition) is 2. The summed E-state index contributed by atoms with van der Waals surface area (Å²) in [6.07, 6.45) is 0. The maximum atomic E-state index is 11.9. The van der Waals surface area contributed by atoms with E-state index in [1.54, 1.807) is 7.11 Å². The first-order valence-electron chi connectivity index (χ1n) is 6.09. The summed E-state index contributed by atoms with van der Waals surface area (Å²) < 4.78 is 5.22. The minimum atomic E-state index is -0.171. The normalized spacial score (nSPS) is 19.6. The van der Waals surface area contributed by atoms with Crippen molar-refractivity contribution in [3.63, 3.8) is 0 Å². The van der Waals surface area contributed by atoms with Crippen molar-refractivity contribution in [2.45, 2.75) is 6.04 Å². The molecule has 1 unspecified atom stereocenters. The van der Waals surface area contributed by atoms with E-state index in [0.29, 0.717) is 13.1 Å². The first-order chi connectivity index (χ1) is 8.76. The number of methoxy groups -OCH3 is 1. The maximum absolute atomic E-state index is 11.9. The SMILES string of the molecule is CNCC1C(=O)NCCN1c1cccc(OC)c1. The number of ether oxygens (including phenoxy) is 1. The molecule has 0 radical (unpaired) electrons. The number of piperazine rings is 1. The molecule has 1 aromatic rings. The number of hydrogen-bond acceptors (Lipinski definition) is 4. The van der Waals surface area contributed by atoms with E-state index >= 15 is 0 Å². The quantitative estimate of drug-likeness (QED) is 0.801. The van der Waals surface area contributed by atoms with Gasteiger partial charge in [-0.25, -0.2) is 0 Å². The lowest BCUT2D eigenvalue weighted by molar-refractivity contribution is -0.123. The minimum Gasteiger partial charge on any atom is -0.497 e. The van der Waals surface area contributed by atoms with Crippen LogP contribution >= 0.6 is 0 Å². The van der Waals surface area contributed by atoms with Gasteiger partial charge in [-0.1, -0.05) is 6.07 Å². The van der Waals surface area contributed by atoms with Crippen LogP contribution in [0.5, 0.6) is 5.75 Å². The number of nitrogens with zero attached hydrogens (tertiary/aromatic N) is 1. The standard InChI is InChI=1S/C13H19N3O2/c1-14-9-12-13(17)15-6-7-16(12)10-4-3-5-11(8-10)18-2/h3-5,8,12,14H,6-7,9H2,1-2H3,(H,15,17). The van der Waals surface area contributed by atoms with Crippen LogP contribution in [0.25, 0.3) is 0 Å². The second kappa shape index (κ2) is 5.73. The Morgan fingerprint density at radius 1 is 1.56 bits per heavy atom. The van der Waals surface area contributed by atoms with E-state index in [4.69, 9.17) is 4.74 Å². The van der Waals surface area contributed by atoms with Gasteiger partial charge in [-0.15, -0.1) is 0 Å². The molecule has 0 aliphatic carbocycles. The zero-order valence-corrected chi connectivity index (χ0v) is 10.8. The van der Waals surface area contributed by atoms with Crippen LogP contribution in [0.3, 0.4) is 0 Å². The van der Waals surface area contributed by atoms with Crippen molar-refractivity contribution < 1.29 is 9.53 Å². The number of likely N-dealkylation sites (N-methyl/N-ethyl adjacent to an activating group) is 1. The number of benzene rings is 1. The van der Waals surface area contributed by atoms with E-state index in [1.807, 2.05) is 31.3 Å². The molecule has 1 fully saturated rings. The number of carbonyl (C=O) groups excluding carboxylic acids is 1. The predicted octanol–water partition coefficient (Wildman–Crippen LogP) is 0.219. The van der Waals surface area contributed by atoms with Gasteiger partial charge in [0.05, 0.1) is 7.11 Å². The molecule has 18 heavy (non-hydrogen) atoms. The number of amides is 1. The Morgan fingerprint density at radius 3 is 3.11 bits per heavy atom. The van der Waals surface area contributed by atoms with Crippen LogP contribution in [0.15, 0.2) is 24.3 Å². The van der Waals surface area contributed by atoms with Gasteiger partial charge in [0.2, 0.25) is 5.91 Å². The predicted molar refractivity (Wildman–Crippen MR) is 71.1 cm³/mol. The molecule has 0 aromatic heterocycles. The van der Waals surface area contributed by atoms with Crippen LogP contribution in [-0.2, 0) is 4.79 Å². The lowest BCUT2D eigenvalue weighted by Gasteiger charge is -2.36. The van der Waals surface area contributed by atoms with Crippen molar-refractivity contribution in [1.82, 2.24) is 10.6 Å². The van der Waals surface area contributed by atoms with E-state index in [1.165, 1.54) is 0 Å². The van der Waals surface area contributed by atoms with Gasteiger partial charge in [0, 0.05) is 31.4 Å². The van der Waals surface area contributed by atoms with Gasteiger partial charge in [-0.3, -0.25) is 4.79 Å². The van der Waals surface area contributed by atoms with Crippen molar-refractivity contribution in [1.29, 1.82) is 0 Å². The van der Waals surface area contributed by atoms with Crippen molar-refractivity contribution in [2.75, 3.05) is 38.7 Å². The average Bonchev–Trinajstić information content (AvgIpc) is 2.41. The van der Waals surface area contributed by atoms with E-state index in [0.717, 1.165) is 18.0 Å². The maximum Gasteiger partial charge on any atom is 0.244 e. The number of anilines is 1. The first-order valence-corrected chi connectivity index (χ1v) is 6.09. The van der Waals surface area contributed by atoms with Crippen LogP contribution in [0.1, 0.15) is 0 Å². The summed E-state index contributed by atoms with van der Waals surface area (Å²) in [4.78, 5) is 14.0. The largest absolute Gasteiger partial charge is 0.497 e. The molecule has 0 saturated carbocycles. The molecule has 2 N–H and O–H groups in total. The van der Waals surface area contributed by atoms with E-state index in [2.05, 4.69) is 15.5 Å². The molecule has 1 amide bonds. The van der Waals surface area contributed by atoms with Crippen LogP contribution in [0.2, 0.25) is 0 Å². The van der Waals surface area contributed by atoms with Crippen LogP contribution in [-0.4, -0.2) is 45.7 Å². The Kier molecular flexibility index (Phi) is 4.04. The van der Waals surface area contributed by atoms with E-state index in [9.17, 15) is 4.79 Å². The lowest BCUT2D eigenvalue weighted by Crippen LogP contribution is -2.58. The fourth-order valence-electron chi connectivity index (χ4n) is 2.21. The Hall–Kier alpha value is -1.75. The molecule has 0 spiro atoms. The summed E-state index contributed by atoms with van der Waals surface area (Å²) in [6, 6.07) is 7.64. The van der Waals surface area contributed by atoms with Crippen LogP contribution in [0, 0.1) is 0 Å². The highest BCUT2D eigenvalue weighted by molar-refractivity contribution is 5.87. The molecule has 2 rings (SSSR count). The van der Waals surface area contributed by atoms with Crippen molar-refractivity contribution in [3.8, 4) is 5.75 Å². The third-order valence-corrected chi connectivity index (χ3v) is 3.11. The van der Waals surface area contributed by atoms with Gasteiger partial charge in [0.25, 0.3) is 0 Å². The highest BCUT2D eigenvalue weighted by Crippen LogP contribution is 2.23. The Bertz CT molecular complexity index is 422. The highest BCUT2D eigenvalue weighted by Gasteiger charge is 2.29. The summed E-state index contributed by atoms with van der Waals surface area (Å²) in [5.41, 5.74) is 1.02. The molecule has 0 bridgehead atoms. The molecule has 1 heterocycles. The molecule has 1 saturated heterocycles. The molecule has 5 nitrogen and oxygen atoms in total. The second-order valence-electron chi connectivity index (χ2n) is 4.26. The smallest absolute Gasteiger partial charge is 0.244 e. The Labute approximate surface area is 107 Å². The molecule has 1 atom stereocenters. The number of rotatable bonds is 4. The topological polar surface area (TPSA) is 53.6 Å². The van der Waals surface area contributed by atoms with Gasteiger partial charge in [0.15, 0.2) is 0 Å². The zero-order chi connectivity index (χ0) is 13.0. The molecular weight excluding hydrogens is 230 g/mol. The third-order valence-electron chi connectivity index (χ3n) is 3.11. The molecule has 98 valence electrons. The summed E-state index contributed by atoms with van der Waals surface area (Å²) >= 11 is 0. The Balaban J connectivity index is 2.24. The fraction of sp³-hybridized carbons (Fsp3) is 0.462. The van der Waals surface area contributed by atoms with Gasteiger partial charge >= 0.3 is 0 Å². The number of carbonyl (C=O) groups is 1. The third kappa shape index (κ3) is 2.56. The van der Waals surface area contributed by atoms with Crippen molar-refractivity contribution in [2.24, 2.45) is 0 Å². The molecule has 1 aliphatic heterocycles. The second-order valence-corrected chi connectivity index (χ2v) is 4.26. The lowest BCUT2D eigenvalue weighted by atomic mass is 10.1. The zero-order valence-electron chi connectivity index (χ0n) is 10.8. The highest BCUT2D eigenvalue weighted by atomic mass is 16.5. The number of nitrogens with one attached hydrogen (secondary N) is 2. The summed E-state index contributed by atoms with van der Waals surface area (Å²) in [6.45, 7) is 2.12. The van der Waals surface area contributed by atoms with Crippen LogP contribution < -0.4 is 20.3 Å². The summed E-state index contributed by atoms with van der Waals surface area (Å²) in [5, 5.41) is 5.96. The fourth-order valence-corrected chi connectivity index (χ4v) is 2.21. The minimum absolute atomic E-state index is 0.0680. The van der Waals surface area contributed by atoms with Gasteiger partial charge in [-0.05, 0) is 19.2 Å². The Morgan fingerprint density at radius 2 is 2.39 bits per heavy atom. The summed E-state index contributed by atoms with van der Waals surface area (Å²) in [7, 11) is 3.50. The monoisotopic (exact) mass is 249 g/mol. The summed E-state index contributed by atoms with van der Waals surface area (Å²) in [5.74, 6) is 0.875. The average molecular weight is 249 g/mol. The van der Waals surface area contributed by atoms with Crippen LogP contribution in [0.4, 0.5) is 5.69 Å². The van der Waals surface area contributed by atoms with E-state index < -0.39 is 0 Å². The van der Waals surface area contributed by atoms with Gasteiger partial charge in [0.1, 0.15) is 11.8 Å². The van der Waals surface area contributed by atoms with Gasteiger partial charge in [-0.2, -0.15) is 0 Å². The van der Waals surface area contributed by atoms with Crippen molar-refractivity contribution >= 4 is 11.6 Å². The van der Waals surface area contributed by atoms with Gasteiger partial charge < -0.3 is 20.3 Å². The molecular formula is C13H19N3O2. The molecule has 1 aromatic carbocycles. The van der Waals surface area contributed by atoms with E-state index in [-0.39, 0.29) is 11.9 Å².